The van der Waals surface area contributed by atoms with E-state index in [4.69, 9.17) is 4.42 Å². The number of carbonyl (C=O) groups excluding carboxylic acids is 1. The van der Waals surface area contributed by atoms with Gasteiger partial charge in [0, 0.05) is 12.1 Å². The summed E-state index contributed by atoms with van der Waals surface area (Å²) in [4.78, 5) is 12.6. The molecule has 1 amide bonds. The van der Waals surface area contributed by atoms with Crippen molar-refractivity contribution in [3.05, 3.63) is 23.7 Å². The predicted octanol–water partition coefficient (Wildman–Crippen LogP) is 2.64. The Morgan fingerprint density at radius 2 is 2.00 bits per heavy atom. The van der Waals surface area contributed by atoms with Crippen molar-refractivity contribution in [3.63, 3.8) is 0 Å². The zero-order valence-corrected chi connectivity index (χ0v) is 14.2. The summed E-state index contributed by atoms with van der Waals surface area (Å²) in [6.07, 6.45) is 4.29. The lowest BCUT2D eigenvalue weighted by molar-refractivity contribution is -0.126. The largest absolute Gasteiger partial charge is 0.459 e. The van der Waals surface area contributed by atoms with Crippen LogP contribution < -0.4 is 5.32 Å². The molecule has 2 N–H and O–H groups in total. The van der Waals surface area contributed by atoms with Gasteiger partial charge in [0.2, 0.25) is 0 Å². The highest BCUT2D eigenvalue weighted by atomic mass is 16.3. The minimum Gasteiger partial charge on any atom is -0.459 e. The molecule has 9 atom stereocenters. The summed E-state index contributed by atoms with van der Waals surface area (Å²) in [6, 6.07) is 1.87. The van der Waals surface area contributed by atoms with Crippen molar-refractivity contribution in [2.24, 2.45) is 47.3 Å². The van der Waals surface area contributed by atoms with E-state index in [1.165, 1.54) is 12.8 Å². The molecule has 2 bridgehead atoms. The zero-order chi connectivity index (χ0) is 16.4. The lowest BCUT2D eigenvalue weighted by Gasteiger charge is -2.51. The maximum Gasteiger partial charge on any atom is 0.287 e. The minimum absolute atomic E-state index is 0.171. The first-order chi connectivity index (χ1) is 11.5. The van der Waals surface area contributed by atoms with Gasteiger partial charge in [-0.05, 0) is 72.2 Å². The number of amides is 1. The first kappa shape index (κ1) is 13.9. The molecule has 24 heavy (non-hydrogen) atoms. The Labute approximate surface area is 142 Å². The Morgan fingerprint density at radius 3 is 2.79 bits per heavy atom. The Kier molecular flexibility index (Phi) is 2.38. The number of aliphatic hydroxyl groups is 1. The normalized spacial score (nSPS) is 51.7. The molecule has 0 saturated heterocycles. The second-order valence-corrected chi connectivity index (χ2v) is 9.37. The Bertz CT molecular complexity index is 733. The summed E-state index contributed by atoms with van der Waals surface area (Å²) in [7, 11) is 0. The van der Waals surface area contributed by atoms with Crippen molar-refractivity contribution in [1.29, 1.82) is 0 Å². The Morgan fingerprint density at radius 1 is 1.25 bits per heavy atom. The second-order valence-electron chi connectivity index (χ2n) is 9.37. The number of rotatable bonds is 4. The molecule has 0 spiro atoms. The fourth-order valence-electron chi connectivity index (χ4n) is 8.22. The van der Waals surface area contributed by atoms with E-state index in [1.54, 1.807) is 6.26 Å². The number of fused-ring (bicyclic) bond motifs is 2. The van der Waals surface area contributed by atoms with Crippen LogP contribution in [-0.4, -0.2) is 23.2 Å². The van der Waals surface area contributed by atoms with E-state index < -0.39 is 5.60 Å². The molecule has 4 nitrogen and oxygen atoms in total. The summed E-state index contributed by atoms with van der Waals surface area (Å²) in [5.41, 5.74) is 0.281. The lowest BCUT2D eigenvalue weighted by atomic mass is 9.56. The van der Waals surface area contributed by atoms with Gasteiger partial charge in [0.1, 0.15) is 0 Å². The quantitative estimate of drug-likeness (QED) is 0.894. The average molecular weight is 327 g/mol. The van der Waals surface area contributed by atoms with Crippen molar-refractivity contribution < 1.29 is 14.3 Å². The topological polar surface area (TPSA) is 62.5 Å². The van der Waals surface area contributed by atoms with Crippen molar-refractivity contribution in [2.45, 2.75) is 38.2 Å². The maximum atomic E-state index is 12.6. The van der Waals surface area contributed by atoms with Crippen molar-refractivity contribution in [1.82, 2.24) is 5.32 Å². The Hall–Kier alpha value is -1.29. The number of hydrogen-bond acceptors (Lipinski definition) is 3. The summed E-state index contributed by atoms with van der Waals surface area (Å²) in [5.74, 6) is 6.18. The van der Waals surface area contributed by atoms with E-state index in [1.807, 2.05) is 6.07 Å². The lowest BCUT2D eigenvalue weighted by Crippen LogP contribution is -2.59. The highest BCUT2D eigenvalue weighted by molar-refractivity contribution is 5.93. The van der Waals surface area contributed by atoms with Gasteiger partial charge in [-0.25, -0.2) is 0 Å². The molecule has 4 heteroatoms. The van der Waals surface area contributed by atoms with Gasteiger partial charge in [0.25, 0.3) is 5.91 Å². The second kappa shape index (κ2) is 4.09. The minimum atomic E-state index is -0.662. The van der Waals surface area contributed by atoms with Crippen LogP contribution in [-0.2, 0) is 0 Å². The molecule has 1 aromatic heterocycles. The highest BCUT2D eigenvalue weighted by Gasteiger charge is 2.84. The number of carbonyl (C=O) groups is 1. The third kappa shape index (κ3) is 1.30. The molecule has 6 rings (SSSR count). The number of hydrogen-bond donors (Lipinski definition) is 2. The molecule has 5 aliphatic rings. The van der Waals surface area contributed by atoms with E-state index >= 15 is 0 Å². The fraction of sp³-hybridized carbons (Fsp3) is 0.750. The first-order valence-electron chi connectivity index (χ1n) is 9.60. The number of nitrogens with one attached hydrogen (secondary N) is 1. The molecule has 128 valence electrons. The summed E-state index contributed by atoms with van der Waals surface area (Å²) < 4.78 is 5.42. The molecule has 1 heterocycles. The van der Waals surface area contributed by atoms with Crippen LogP contribution in [0.3, 0.4) is 0 Å². The maximum absolute atomic E-state index is 12.6. The van der Waals surface area contributed by atoms with Gasteiger partial charge >= 0.3 is 0 Å². The fourth-order valence-corrected chi connectivity index (χ4v) is 8.22. The summed E-state index contributed by atoms with van der Waals surface area (Å²) in [5, 5.41) is 14.6. The van der Waals surface area contributed by atoms with Gasteiger partial charge in [-0.2, -0.15) is 0 Å². The van der Waals surface area contributed by atoms with E-state index in [9.17, 15) is 9.90 Å². The van der Waals surface area contributed by atoms with Gasteiger partial charge < -0.3 is 14.8 Å². The monoisotopic (exact) mass is 327 g/mol. The van der Waals surface area contributed by atoms with Crippen LogP contribution >= 0.6 is 0 Å². The SMILES string of the molecule is CC(C)c1ccoc1C(=O)NCC1(O)C2C3CC4C5C3CC2C5C41. The molecule has 0 aliphatic heterocycles. The van der Waals surface area contributed by atoms with Crippen LogP contribution in [0.15, 0.2) is 16.7 Å². The van der Waals surface area contributed by atoms with Crippen LogP contribution in [0.1, 0.15) is 48.7 Å². The van der Waals surface area contributed by atoms with E-state index in [0.717, 1.165) is 41.1 Å². The van der Waals surface area contributed by atoms with E-state index in [2.05, 4.69) is 19.2 Å². The van der Waals surface area contributed by atoms with Crippen LogP contribution in [0.25, 0.3) is 0 Å². The van der Waals surface area contributed by atoms with Gasteiger partial charge in [-0.15, -0.1) is 0 Å². The molecule has 5 saturated carbocycles. The molecular formula is C20H25NO3. The van der Waals surface area contributed by atoms with Crippen LogP contribution in [0.4, 0.5) is 0 Å². The molecule has 0 aromatic carbocycles. The molecule has 9 unspecified atom stereocenters. The van der Waals surface area contributed by atoms with Gasteiger partial charge in [-0.3, -0.25) is 4.79 Å². The molecule has 0 radical (unpaired) electrons. The smallest absolute Gasteiger partial charge is 0.287 e. The van der Waals surface area contributed by atoms with Crippen LogP contribution in [0, 0.1) is 47.3 Å². The van der Waals surface area contributed by atoms with Crippen LogP contribution in [0.2, 0.25) is 0 Å². The third-order valence-electron chi connectivity index (χ3n) is 8.58. The molecular weight excluding hydrogens is 302 g/mol. The van der Waals surface area contributed by atoms with E-state index in [-0.39, 0.29) is 11.8 Å². The van der Waals surface area contributed by atoms with Crippen molar-refractivity contribution in [3.8, 4) is 0 Å². The summed E-state index contributed by atoms with van der Waals surface area (Å²) >= 11 is 0. The highest BCUT2D eigenvalue weighted by Crippen LogP contribution is 2.85. The predicted molar refractivity (Wildman–Crippen MR) is 87.2 cm³/mol. The van der Waals surface area contributed by atoms with E-state index in [0.29, 0.717) is 24.1 Å². The molecule has 5 fully saturated rings. The van der Waals surface area contributed by atoms with Gasteiger partial charge in [0.15, 0.2) is 5.76 Å². The Balaban J connectivity index is 1.25. The zero-order valence-electron chi connectivity index (χ0n) is 14.2. The van der Waals surface area contributed by atoms with Crippen molar-refractivity contribution >= 4 is 5.91 Å². The standard InChI is InChI=1S/C20H25NO3/c1-8(2)9-3-4-24-18(9)19(22)21-7-20(23)16-11-6-12-14-10(11)5-13(16)15(14)17(12)20/h3-4,8,10-17,23H,5-7H2,1-2H3,(H,21,22). The third-order valence-corrected chi connectivity index (χ3v) is 8.58. The number of furan rings is 1. The first-order valence-corrected chi connectivity index (χ1v) is 9.60. The molecule has 5 aliphatic carbocycles. The van der Waals surface area contributed by atoms with Crippen LogP contribution in [0.5, 0.6) is 0 Å². The van der Waals surface area contributed by atoms with Gasteiger partial charge in [-0.1, -0.05) is 13.8 Å². The average Bonchev–Trinajstić information content (AvgIpc) is 3.20. The van der Waals surface area contributed by atoms with Gasteiger partial charge in [0.05, 0.1) is 11.9 Å². The molecule has 1 aromatic rings. The summed E-state index contributed by atoms with van der Waals surface area (Å²) in [6.45, 7) is 4.52. The van der Waals surface area contributed by atoms with Crippen molar-refractivity contribution in [2.75, 3.05) is 6.54 Å².